The lowest BCUT2D eigenvalue weighted by Crippen LogP contribution is -1.77. The summed E-state index contributed by atoms with van der Waals surface area (Å²) in [4.78, 5) is 0. The quantitative estimate of drug-likeness (QED) is 0.637. The topological polar surface area (TPSA) is 0 Å². The molecule has 0 bridgehead atoms. The van der Waals surface area contributed by atoms with Gasteiger partial charge in [0.05, 0.1) is 5.02 Å². The van der Waals surface area contributed by atoms with E-state index in [9.17, 15) is 0 Å². The average molecular weight is 188 g/mol. The molecule has 0 fully saturated rings. The van der Waals surface area contributed by atoms with Crippen LogP contribution in [0.3, 0.4) is 0 Å². The summed E-state index contributed by atoms with van der Waals surface area (Å²) in [5.74, 6) is 0. The molecule has 63 valence electrons. The molecule has 0 aliphatic heterocycles. The molecule has 0 amide bonds. The van der Waals surface area contributed by atoms with Gasteiger partial charge in [0.25, 0.3) is 0 Å². The molecule has 0 aliphatic rings. The zero-order valence-corrected chi connectivity index (χ0v) is 7.75. The summed E-state index contributed by atoms with van der Waals surface area (Å²) >= 11 is 6.00. The molecule has 0 atom stereocenters. The molecule has 1 heteroatoms. The number of benzene rings is 2. The molecule has 0 nitrogen and oxygen atoms in total. The fourth-order valence-corrected chi connectivity index (χ4v) is 1.49. The molecule has 0 N–H and O–H groups in total. The van der Waals surface area contributed by atoms with Crippen LogP contribution < -0.4 is 0 Å². The van der Waals surface area contributed by atoms with Gasteiger partial charge in [0.15, 0.2) is 0 Å². The van der Waals surface area contributed by atoms with Gasteiger partial charge >= 0.3 is 0 Å². The maximum absolute atomic E-state index is 6.00. The van der Waals surface area contributed by atoms with Gasteiger partial charge in [-0.3, -0.25) is 0 Å². The van der Waals surface area contributed by atoms with Gasteiger partial charge in [-0.05, 0) is 5.56 Å². The van der Waals surface area contributed by atoms with Crippen molar-refractivity contribution < 1.29 is 0 Å². The zero-order valence-electron chi connectivity index (χ0n) is 7.00. The minimum Gasteiger partial charge on any atom is -0.0830 e. The van der Waals surface area contributed by atoms with Crippen molar-refractivity contribution >= 4 is 11.6 Å². The second-order valence-electron chi connectivity index (χ2n) is 2.76. The molecule has 0 aliphatic carbocycles. The first-order chi connectivity index (χ1) is 6.38. The van der Waals surface area contributed by atoms with Crippen LogP contribution in [-0.4, -0.2) is 0 Å². The number of halogens is 1. The standard InChI is InChI=1S/C12H8Cl/c13-12-9-5-4-8-11(12)10-6-2-1-3-7-10/h1-8H. The van der Waals surface area contributed by atoms with Crippen LogP contribution in [0, 0.1) is 6.07 Å². The van der Waals surface area contributed by atoms with E-state index in [0.29, 0.717) is 5.02 Å². The van der Waals surface area contributed by atoms with Crippen molar-refractivity contribution in [1.82, 2.24) is 0 Å². The minimum atomic E-state index is 0.675. The molecule has 2 aromatic carbocycles. The highest BCUT2D eigenvalue weighted by Crippen LogP contribution is 2.26. The zero-order chi connectivity index (χ0) is 9.10. The van der Waals surface area contributed by atoms with Crippen LogP contribution in [0.5, 0.6) is 0 Å². The van der Waals surface area contributed by atoms with Crippen LogP contribution in [0.1, 0.15) is 0 Å². The van der Waals surface area contributed by atoms with Gasteiger partial charge in [0.1, 0.15) is 0 Å². The van der Waals surface area contributed by atoms with Gasteiger partial charge < -0.3 is 0 Å². The molecule has 0 saturated carbocycles. The summed E-state index contributed by atoms with van der Waals surface area (Å²) in [5.41, 5.74) is 2.16. The molecular weight excluding hydrogens is 180 g/mol. The second-order valence-corrected chi connectivity index (χ2v) is 3.14. The van der Waals surface area contributed by atoms with E-state index in [1.165, 1.54) is 0 Å². The SMILES string of the molecule is Clc1[c]cccc1-c1ccccc1. The lowest BCUT2D eigenvalue weighted by molar-refractivity contribution is 1.61. The molecular formula is C12H8Cl. The molecule has 0 saturated heterocycles. The summed E-state index contributed by atoms with van der Waals surface area (Å²) < 4.78 is 0. The molecule has 0 unspecified atom stereocenters. The van der Waals surface area contributed by atoms with E-state index in [4.69, 9.17) is 11.6 Å². The van der Waals surface area contributed by atoms with Crippen LogP contribution >= 0.6 is 11.6 Å². The Morgan fingerprint density at radius 1 is 0.923 bits per heavy atom. The summed E-state index contributed by atoms with van der Waals surface area (Å²) in [6.07, 6.45) is 0. The summed E-state index contributed by atoms with van der Waals surface area (Å²) in [6.45, 7) is 0. The number of rotatable bonds is 1. The van der Waals surface area contributed by atoms with Crippen molar-refractivity contribution in [3.05, 3.63) is 59.6 Å². The van der Waals surface area contributed by atoms with Crippen LogP contribution in [-0.2, 0) is 0 Å². The molecule has 0 aromatic heterocycles. The highest BCUT2D eigenvalue weighted by molar-refractivity contribution is 6.33. The second kappa shape index (κ2) is 3.63. The fourth-order valence-electron chi connectivity index (χ4n) is 1.26. The van der Waals surface area contributed by atoms with Crippen LogP contribution in [0.15, 0.2) is 48.5 Å². The monoisotopic (exact) mass is 187 g/mol. The molecule has 13 heavy (non-hydrogen) atoms. The number of hydrogen-bond donors (Lipinski definition) is 0. The third-order valence-corrected chi connectivity index (χ3v) is 2.20. The predicted octanol–water partition coefficient (Wildman–Crippen LogP) is 3.81. The normalized spacial score (nSPS) is 9.92. The Labute approximate surface area is 82.8 Å². The Balaban J connectivity index is 2.54. The van der Waals surface area contributed by atoms with Crippen molar-refractivity contribution in [3.63, 3.8) is 0 Å². The lowest BCUT2D eigenvalue weighted by atomic mass is 10.1. The summed E-state index contributed by atoms with van der Waals surface area (Å²) in [6, 6.07) is 18.8. The van der Waals surface area contributed by atoms with E-state index in [-0.39, 0.29) is 0 Å². The van der Waals surface area contributed by atoms with Gasteiger partial charge in [-0.25, -0.2) is 0 Å². The molecule has 1 radical (unpaired) electrons. The Bertz CT molecular complexity index is 393. The van der Waals surface area contributed by atoms with Gasteiger partial charge in [0.2, 0.25) is 0 Å². The van der Waals surface area contributed by atoms with Gasteiger partial charge in [-0.1, -0.05) is 60.1 Å². The molecule has 2 aromatic rings. The van der Waals surface area contributed by atoms with Crippen molar-refractivity contribution in [2.45, 2.75) is 0 Å². The Morgan fingerprint density at radius 2 is 1.69 bits per heavy atom. The molecule has 0 spiro atoms. The first-order valence-corrected chi connectivity index (χ1v) is 4.47. The Hall–Kier alpha value is -1.27. The van der Waals surface area contributed by atoms with Crippen LogP contribution in [0.25, 0.3) is 11.1 Å². The van der Waals surface area contributed by atoms with E-state index >= 15 is 0 Å². The van der Waals surface area contributed by atoms with Gasteiger partial charge in [0, 0.05) is 11.6 Å². The van der Waals surface area contributed by atoms with E-state index in [0.717, 1.165) is 11.1 Å². The third-order valence-electron chi connectivity index (χ3n) is 1.89. The van der Waals surface area contributed by atoms with Crippen molar-refractivity contribution in [1.29, 1.82) is 0 Å². The third kappa shape index (κ3) is 1.73. The first kappa shape index (κ1) is 8.33. The van der Waals surface area contributed by atoms with Crippen molar-refractivity contribution in [3.8, 4) is 11.1 Å². The van der Waals surface area contributed by atoms with E-state index in [1.54, 1.807) is 0 Å². The van der Waals surface area contributed by atoms with Gasteiger partial charge in [-0.15, -0.1) is 0 Å². The lowest BCUT2D eigenvalue weighted by Gasteiger charge is -2.02. The minimum absolute atomic E-state index is 0.675. The van der Waals surface area contributed by atoms with Crippen molar-refractivity contribution in [2.24, 2.45) is 0 Å². The van der Waals surface area contributed by atoms with Crippen LogP contribution in [0.4, 0.5) is 0 Å². The summed E-state index contributed by atoms with van der Waals surface area (Å²) in [7, 11) is 0. The highest BCUT2D eigenvalue weighted by Gasteiger charge is 2.00. The van der Waals surface area contributed by atoms with Gasteiger partial charge in [-0.2, -0.15) is 0 Å². The smallest absolute Gasteiger partial charge is 0.0563 e. The Morgan fingerprint density at radius 3 is 2.38 bits per heavy atom. The molecule has 0 heterocycles. The Kier molecular flexibility index (Phi) is 2.33. The predicted molar refractivity (Wildman–Crippen MR) is 55.7 cm³/mol. The molecule has 2 rings (SSSR count). The van der Waals surface area contributed by atoms with Crippen LogP contribution in [0.2, 0.25) is 5.02 Å². The van der Waals surface area contributed by atoms with E-state index in [1.807, 2.05) is 48.5 Å². The summed E-state index contributed by atoms with van der Waals surface area (Å²) in [5, 5.41) is 0.675. The van der Waals surface area contributed by atoms with E-state index in [2.05, 4.69) is 6.07 Å². The maximum Gasteiger partial charge on any atom is 0.0563 e. The van der Waals surface area contributed by atoms with E-state index < -0.39 is 0 Å². The largest absolute Gasteiger partial charge is 0.0830 e. The van der Waals surface area contributed by atoms with Crippen molar-refractivity contribution in [2.75, 3.05) is 0 Å². The fraction of sp³-hybridized carbons (Fsp3) is 0. The first-order valence-electron chi connectivity index (χ1n) is 4.09. The highest BCUT2D eigenvalue weighted by atomic mass is 35.5. The average Bonchev–Trinajstić information content (AvgIpc) is 2.20. The maximum atomic E-state index is 6.00. The number of hydrogen-bond acceptors (Lipinski definition) is 0.